The molecule has 2 heterocycles. The summed E-state index contributed by atoms with van der Waals surface area (Å²) in [5.74, 6) is 0.659. The second kappa shape index (κ2) is 7.97. The SMILES string of the molecule is CC(C)c1ccc(CC(=O)N2CC=C(c3ccc(C#N)cn3)CC2)cc1. The van der Waals surface area contributed by atoms with Crippen molar-refractivity contribution in [1.29, 1.82) is 5.26 Å². The molecule has 0 saturated heterocycles. The molecule has 0 bridgehead atoms. The van der Waals surface area contributed by atoms with E-state index in [2.05, 4.69) is 55.2 Å². The van der Waals surface area contributed by atoms with Gasteiger partial charge in [-0.25, -0.2) is 0 Å². The van der Waals surface area contributed by atoms with Crippen molar-refractivity contribution in [3.05, 3.63) is 71.1 Å². The number of aromatic nitrogens is 1. The van der Waals surface area contributed by atoms with Crippen molar-refractivity contribution < 1.29 is 4.79 Å². The number of nitrogens with zero attached hydrogens (tertiary/aromatic N) is 3. The molecule has 0 atom stereocenters. The van der Waals surface area contributed by atoms with E-state index in [1.807, 2.05) is 11.0 Å². The topological polar surface area (TPSA) is 57.0 Å². The Morgan fingerprint density at radius 3 is 2.54 bits per heavy atom. The van der Waals surface area contributed by atoms with E-state index < -0.39 is 0 Å². The van der Waals surface area contributed by atoms with Gasteiger partial charge in [-0.15, -0.1) is 0 Å². The standard InChI is InChI=1S/C22H23N3O/c1-16(2)19-6-3-17(4-7-19)13-22(26)25-11-9-20(10-12-25)21-8-5-18(14-23)15-24-21/h3-9,15-16H,10-13H2,1-2H3. The van der Waals surface area contributed by atoms with Gasteiger partial charge in [0.1, 0.15) is 6.07 Å². The second-order valence-corrected chi connectivity index (χ2v) is 6.94. The number of nitriles is 1. The van der Waals surface area contributed by atoms with Crippen LogP contribution >= 0.6 is 0 Å². The van der Waals surface area contributed by atoms with E-state index in [0.29, 0.717) is 31.0 Å². The molecule has 2 aromatic rings. The number of carbonyl (C=O) groups excluding carboxylic acids is 1. The van der Waals surface area contributed by atoms with Crippen molar-refractivity contribution >= 4 is 11.5 Å². The summed E-state index contributed by atoms with van der Waals surface area (Å²) in [6, 6.07) is 14.1. The minimum atomic E-state index is 0.158. The highest BCUT2D eigenvalue weighted by Gasteiger charge is 2.18. The molecule has 0 spiro atoms. The Morgan fingerprint density at radius 1 is 1.23 bits per heavy atom. The third-order valence-electron chi connectivity index (χ3n) is 4.79. The number of hydrogen-bond acceptors (Lipinski definition) is 3. The molecule has 1 aromatic heterocycles. The number of rotatable bonds is 4. The summed E-state index contributed by atoms with van der Waals surface area (Å²) >= 11 is 0. The van der Waals surface area contributed by atoms with Crippen LogP contribution in [0.25, 0.3) is 5.57 Å². The zero-order chi connectivity index (χ0) is 18.5. The molecule has 0 unspecified atom stereocenters. The van der Waals surface area contributed by atoms with Gasteiger partial charge in [0.2, 0.25) is 5.91 Å². The number of carbonyl (C=O) groups is 1. The van der Waals surface area contributed by atoms with Gasteiger partial charge in [0.05, 0.1) is 17.7 Å². The molecule has 0 fully saturated rings. The quantitative estimate of drug-likeness (QED) is 0.843. The zero-order valence-electron chi connectivity index (χ0n) is 15.3. The van der Waals surface area contributed by atoms with E-state index >= 15 is 0 Å². The van der Waals surface area contributed by atoms with E-state index in [-0.39, 0.29) is 5.91 Å². The molecule has 0 aliphatic carbocycles. The molecule has 1 amide bonds. The van der Waals surface area contributed by atoms with Crippen molar-refractivity contribution in [3.8, 4) is 6.07 Å². The van der Waals surface area contributed by atoms with Crippen LogP contribution in [0.5, 0.6) is 0 Å². The molecule has 1 aromatic carbocycles. The average Bonchev–Trinajstić information content (AvgIpc) is 2.68. The third-order valence-corrected chi connectivity index (χ3v) is 4.79. The summed E-state index contributed by atoms with van der Waals surface area (Å²) < 4.78 is 0. The Labute approximate surface area is 154 Å². The molecule has 1 aliphatic heterocycles. The van der Waals surface area contributed by atoms with E-state index in [4.69, 9.17) is 5.26 Å². The maximum Gasteiger partial charge on any atom is 0.227 e. The maximum atomic E-state index is 12.6. The van der Waals surface area contributed by atoms with Crippen LogP contribution in [0.1, 0.15) is 48.6 Å². The predicted octanol–water partition coefficient (Wildman–Crippen LogP) is 3.94. The Balaban J connectivity index is 1.60. The summed E-state index contributed by atoms with van der Waals surface area (Å²) in [6.45, 7) is 5.65. The van der Waals surface area contributed by atoms with E-state index in [1.165, 1.54) is 5.56 Å². The molecule has 1 aliphatic rings. The summed E-state index contributed by atoms with van der Waals surface area (Å²) in [5.41, 5.74) is 4.94. The lowest BCUT2D eigenvalue weighted by Crippen LogP contribution is -2.35. The fourth-order valence-electron chi connectivity index (χ4n) is 3.09. The fraction of sp³-hybridized carbons (Fsp3) is 0.318. The first-order valence-electron chi connectivity index (χ1n) is 8.99. The van der Waals surface area contributed by atoms with Gasteiger partial charge in [0.25, 0.3) is 0 Å². The monoisotopic (exact) mass is 345 g/mol. The molecule has 26 heavy (non-hydrogen) atoms. The van der Waals surface area contributed by atoms with Gasteiger partial charge in [-0.2, -0.15) is 5.26 Å². The third kappa shape index (κ3) is 4.18. The Bertz CT molecular complexity index is 842. The summed E-state index contributed by atoms with van der Waals surface area (Å²) in [6.07, 6.45) is 4.89. The molecule has 0 radical (unpaired) electrons. The van der Waals surface area contributed by atoms with Crippen molar-refractivity contribution in [3.63, 3.8) is 0 Å². The number of amides is 1. The Morgan fingerprint density at radius 2 is 2.00 bits per heavy atom. The summed E-state index contributed by atoms with van der Waals surface area (Å²) in [4.78, 5) is 18.8. The number of benzene rings is 1. The molecular weight excluding hydrogens is 322 g/mol. The fourth-order valence-corrected chi connectivity index (χ4v) is 3.09. The lowest BCUT2D eigenvalue weighted by Gasteiger charge is -2.26. The van der Waals surface area contributed by atoms with Gasteiger partial charge in [-0.05, 0) is 41.2 Å². The van der Waals surface area contributed by atoms with E-state index in [0.717, 1.165) is 23.3 Å². The molecular formula is C22H23N3O. The molecule has 0 N–H and O–H groups in total. The van der Waals surface area contributed by atoms with Crippen LogP contribution in [0.15, 0.2) is 48.7 Å². The van der Waals surface area contributed by atoms with Gasteiger partial charge >= 0.3 is 0 Å². The average molecular weight is 345 g/mol. The van der Waals surface area contributed by atoms with Crippen LogP contribution in [-0.2, 0) is 11.2 Å². The first-order chi connectivity index (χ1) is 12.6. The van der Waals surface area contributed by atoms with Gasteiger partial charge < -0.3 is 4.90 Å². The minimum absolute atomic E-state index is 0.158. The Hall–Kier alpha value is -2.93. The van der Waals surface area contributed by atoms with Gasteiger partial charge in [-0.1, -0.05) is 44.2 Å². The smallest absolute Gasteiger partial charge is 0.227 e. The van der Waals surface area contributed by atoms with E-state index in [1.54, 1.807) is 12.3 Å². The van der Waals surface area contributed by atoms with Gasteiger partial charge in [0, 0.05) is 19.3 Å². The lowest BCUT2D eigenvalue weighted by molar-refractivity contribution is -0.130. The molecule has 0 saturated carbocycles. The predicted molar refractivity (Wildman–Crippen MR) is 102 cm³/mol. The molecule has 3 rings (SSSR count). The number of pyridine rings is 1. The zero-order valence-corrected chi connectivity index (χ0v) is 15.3. The Kier molecular flexibility index (Phi) is 5.48. The first-order valence-corrected chi connectivity index (χ1v) is 8.99. The van der Waals surface area contributed by atoms with Crippen LogP contribution < -0.4 is 0 Å². The largest absolute Gasteiger partial charge is 0.338 e. The summed E-state index contributed by atoms with van der Waals surface area (Å²) in [5, 5.41) is 8.85. The van der Waals surface area contributed by atoms with Crippen molar-refractivity contribution in [2.24, 2.45) is 0 Å². The van der Waals surface area contributed by atoms with E-state index in [9.17, 15) is 4.79 Å². The minimum Gasteiger partial charge on any atom is -0.338 e. The van der Waals surface area contributed by atoms with Crippen molar-refractivity contribution in [2.45, 2.75) is 32.6 Å². The first kappa shape index (κ1) is 17.9. The van der Waals surface area contributed by atoms with Crippen LogP contribution in [0, 0.1) is 11.3 Å². The van der Waals surface area contributed by atoms with Crippen LogP contribution in [0.2, 0.25) is 0 Å². The lowest BCUT2D eigenvalue weighted by atomic mass is 10.00. The highest BCUT2D eigenvalue weighted by atomic mass is 16.2. The van der Waals surface area contributed by atoms with Crippen LogP contribution in [-0.4, -0.2) is 28.9 Å². The molecule has 4 heteroatoms. The van der Waals surface area contributed by atoms with Gasteiger partial charge in [-0.3, -0.25) is 9.78 Å². The van der Waals surface area contributed by atoms with Crippen LogP contribution in [0.4, 0.5) is 0 Å². The second-order valence-electron chi connectivity index (χ2n) is 6.94. The van der Waals surface area contributed by atoms with Gasteiger partial charge in [0.15, 0.2) is 0 Å². The maximum absolute atomic E-state index is 12.6. The van der Waals surface area contributed by atoms with Crippen molar-refractivity contribution in [1.82, 2.24) is 9.88 Å². The highest BCUT2D eigenvalue weighted by Crippen LogP contribution is 2.21. The summed E-state index contributed by atoms with van der Waals surface area (Å²) in [7, 11) is 0. The highest BCUT2D eigenvalue weighted by molar-refractivity contribution is 5.80. The molecule has 132 valence electrons. The number of hydrogen-bond donors (Lipinski definition) is 0. The van der Waals surface area contributed by atoms with Crippen molar-refractivity contribution in [2.75, 3.05) is 13.1 Å². The normalized spacial score (nSPS) is 14.1. The molecule has 4 nitrogen and oxygen atoms in total. The van der Waals surface area contributed by atoms with Crippen LogP contribution in [0.3, 0.4) is 0 Å².